The Balaban J connectivity index is 2.17. The highest BCUT2D eigenvalue weighted by molar-refractivity contribution is 7.98. The molecule has 9 heteroatoms. The molecule has 0 saturated carbocycles. The molecule has 7 nitrogen and oxygen atoms in total. The van der Waals surface area contributed by atoms with Crippen LogP contribution in [0.5, 0.6) is 0 Å². The Labute approximate surface area is 168 Å². The van der Waals surface area contributed by atoms with Crippen LogP contribution in [0.1, 0.15) is 15.9 Å². The van der Waals surface area contributed by atoms with Crippen LogP contribution in [0.4, 0.5) is 0 Å². The molecular weight excluding hydrogens is 402 g/mol. The molecule has 0 fully saturated rings. The predicted molar refractivity (Wildman–Crippen MR) is 107 cm³/mol. The van der Waals surface area contributed by atoms with E-state index in [9.17, 15) is 18.0 Å². The molecule has 1 atom stereocenters. The van der Waals surface area contributed by atoms with Crippen LogP contribution >= 0.6 is 11.8 Å². The molecule has 0 aliphatic rings. The zero-order chi connectivity index (χ0) is 20.6. The Hall–Kier alpha value is -2.36. The maximum absolute atomic E-state index is 12.8. The molecule has 0 aromatic heterocycles. The van der Waals surface area contributed by atoms with Gasteiger partial charge in [0.2, 0.25) is 10.0 Å². The van der Waals surface area contributed by atoms with Crippen molar-refractivity contribution in [1.29, 1.82) is 0 Å². The van der Waals surface area contributed by atoms with Gasteiger partial charge in [-0.15, -0.1) is 0 Å². The van der Waals surface area contributed by atoms with E-state index in [-0.39, 0.29) is 16.2 Å². The molecule has 0 aliphatic carbocycles. The quantitative estimate of drug-likeness (QED) is 0.618. The molecule has 2 rings (SSSR count). The fraction of sp³-hybridized carbons (Fsp3) is 0.263. The number of thioether (sulfide) groups is 1. The number of rotatable bonds is 9. The van der Waals surface area contributed by atoms with Gasteiger partial charge in [-0.05, 0) is 17.7 Å². The minimum absolute atomic E-state index is 0.113. The largest absolute Gasteiger partial charge is 0.468 e. The lowest BCUT2D eigenvalue weighted by Gasteiger charge is -2.17. The third-order valence-electron chi connectivity index (χ3n) is 3.76. The van der Waals surface area contributed by atoms with Crippen LogP contribution < -0.4 is 4.72 Å². The molecule has 2 aromatic carbocycles. The van der Waals surface area contributed by atoms with Gasteiger partial charge < -0.3 is 9.47 Å². The molecule has 0 bridgehead atoms. The summed E-state index contributed by atoms with van der Waals surface area (Å²) in [5.74, 6) is -0.718. The number of esters is 2. The Morgan fingerprint density at radius 2 is 1.64 bits per heavy atom. The Morgan fingerprint density at radius 1 is 1.00 bits per heavy atom. The topological polar surface area (TPSA) is 98.8 Å². The average Bonchev–Trinajstić information content (AvgIpc) is 2.72. The fourth-order valence-corrected chi connectivity index (χ4v) is 4.88. The third kappa shape index (κ3) is 5.82. The second kappa shape index (κ2) is 10.3. The van der Waals surface area contributed by atoms with Gasteiger partial charge in [-0.2, -0.15) is 16.5 Å². The van der Waals surface area contributed by atoms with Crippen LogP contribution in [-0.4, -0.2) is 46.4 Å². The molecule has 0 unspecified atom stereocenters. The molecular formula is C19H21NO6S2. The van der Waals surface area contributed by atoms with Crippen molar-refractivity contribution < 1.29 is 27.5 Å². The molecule has 0 saturated heterocycles. The normalized spacial score (nSPS) is 12.2. The molecule has 28 heavy (non-hydrogen) atoms. The van der Waals surface area contributed by atoms with Crippen molar-refractivity contribution in [3.63, 3.8) is 0 Å². The van der Waals surface area contributed by atoms with Gasteiger partial charge in [0.15, 0.2) is 0 Å². The van der Waals surface area contributed by atoms with Gasteiger partial charge in [-0.3, -0.25) is 4.79 Å². The standard InChI is InChI=1S/C19H21NO6S2/c1-25-18(21)15-10-6-7-11-17(15)28(23,24)20-16(19(22)26-2)13-27-12-14-8-4-3-5-9-14/h3-11,16,20H,12-13H2,1-2H3/t16-/m0/s1. The van der Waals surface area contributed by atoms with Gasteiger partial charge in [0.1, 0.15) is 6.04 Å². The summed E-state index contributed by atoms with van der Waals surface area (Å²) in [6, 6.07) is 14.1. The van der Waals surface area contributed by atoms with Crippen molar-refractivity contribution in [2.24, 2.45) is 0 Å². The molecule has 0 amide bonds. The lowest BCUT2D eigenvalue weighted by Crippen LogP contribution is -2.43. The number of methoxy groups -OCH3 is 2. The predicted octanol–water partition coefficient (Wildman–Crippen LogP) is 2.23. The maximum Gasteiger partial charge on any atom is 0.339 e. The Kier molecular flexibility index (Phi) is 8.04. The minimum atomic E-state index is -4.16. The van der Waals surface area contributed by atoms with Crippen LogP contribution in [0.3, 0.4) is 0 Å². The molecule has 2 aromatic rings. The number of sulfonamides is 1. The lowest BCUT2D eigenvalue weighted by atomic mass is 10.2. The number of nitrogens with one attached hydrogen (secondary N) is 1. The van der Waals surface area contributed by atoms with Crippen molar-refractivity contribution in [2.45, 2.75) is 16.7 Å². The van der Waals surface area contributed by atoms with E-state index >= 15 is 0 Å². The van der Waals surface area contributed by atoms with Gasteiger partial charge >= 0.3 is 11.9 Å². The van der Waals surface area contributed by atoms with Gasteiger partial charge in [-0.1, -0.05) is 42.5 Å². The van der Waals surface area contributed by atoms with E-state index < -0.39 is 28.0 Å². The van der Waals surface area contributed by atoms with Gasteiger partial charge in [0.05, 0.1) is 24.7 Å². The first-order valence-corrected chi connectivity index (χ1v) is 10.9. The number of benzene rings is 2. The van der Waals surface area contributed by atoms with E-state index in [1.807, 2.05) is 30.3 Å². The summed E-state index contributed by atoms with van der Waals surface area (Å²) < 4.78 is 37.3. The van der Waals surface area contributed by atoms with Crippen molar-refractivity contribution in [3.8, 4) is 0 Å². The average molecular weight is 424 g/mol. The molecule has 0 heterocycles. The summed E-state index contributed by atoms with van der Waals surface area (Å²) in [7, 11) is -1.81. The number of hydrogen-bond donors (Lipinski definition) is 1. The summed E-state index contributed by atoms with van der Waals surface area (Å²) in [6.07, 6.45) is 0. The Bertz CT molecular complexity index is 915. The van der Waals surface area contributed by atoms with Gasteiger partial charge in [0.25, 0.3) is 0 Å². The van der Waals surface area contributed by atoms with Crippen molar-refractivity contribution in [3.05, 3.63) is 65.7 Å². The van der Waals surface area contributed by atoms with Crippen LogP contribution in [0.2, 0.25) is 0 Å². The lowest BCUT2D eigenvalue weighted by molar-refractivity contribution is -0.141. The highest BCUT2D eigenvalue weighted by atomic mass is 32.2. The summed E-state index contributed by atoms with van der Waals surface area (Å²) in [5.41, 5.74) is 0.938. The van der Waals surface area contributed by atoms with Crippen LogP contribution in [0, 0.1) is 0 Å². The van der Waals surface area contributed by atoms with Crippen LogP contribution in [0.25, 0.3) is 0 Å². The first kappa shape index (κ1) is 21.9. The van der Waals surface area contributed by atoms with E-state index in [2.05, 4.69) is 9.46 Å². The molecule has 150 valence electrons. The van der Waals surface area contributed by atoms with E-state index in [1.165, 1.54) is 43.1 Å². The number of ether oxygens (including phenoxy) is 2. The molecule has 0 spiro atoms. The summed E-state index contributed by atoms with van der Waals surface area (Å²) in [4.78, 5) is 23.7. The first-order chi connectivity index (χ1) is 13.4. The highest BCUT2D eigenvalue weighted by Crippen LogP contribution is 2.19. The second-order valence-electron chi connectivity index (χ2n) is 5.69. The van der Waals surface area contributed by atoms with Gasteiger partial charge in [-0.25, -0.2) is 13.2 Å². The number of carbonyl (C=O) groups excluding carboxylic acids is 2. The van der Waals surface area contributed by atoms with E-state index in [0.717, 1.165) is 12.7 Å². The van der Waals surface area contributed by atoms with E-state index in [0.29, 0.717) is 5.75 Å². The van der Waals surface area contributed by atoms with Crippen molar-refractivity contribution >= 4 is 33.7 Å². The molecule has 0 radical (unpaired) electrons. The van der Waals surface area contributed by atoms with Crippen LogP contribution in [0.15, 0.2) is 59.5 Å². The first-order valence-electron chi connectivity index (χ1n) is 8.28. The van der Waals surface area contributed by atoms with E-state index in [1.54, 1.807) is 0 Å². The zero-order valence-electron chi connectivity index (χ0n) is 15.5. The maximum atomic E-state index is 12.8. The summed E-state index contributed by atoms with van der Waals surface area (Å²) in [5, 5.41) is 0. The van der Waals surface area contributed by atoms with Gasteiger partial charge in [0, 0.05) is 11.5 Å². The van der Waals surface area contributed by atoms with E-state index in [4.69, 9.17) is 4.74 Å². The summed E-state index contributed by atoms with van der Waals surface area (Å²) >= 11 is 1.39. The third-order valence-corrected chi connectivity index (χ3v) is 6.40. The highest BCUT2D eigenvalue weighted by Gasteiger charge is 2.29. The minimum Gasteiger partial charge on any atom is -0.468 e. The number of carbonyl (C=O) groups is 2. The van der Waals surface area contributed by atoms with Crippen molar-refractivity contribution in [2.75, 3.05) is 20.0 Å². The molecule has 0 aliphatic heterocycles. The van der Waals surface area contributed by atoms with Crippen molar-refractivity contribution in [1.82, 2.24) is 4.72 Å². The second-order valence-corrected chi connectivity index (χ2v) is 8.40. The Morgan fingerprint density at radius 3 is 2.29 bits per heavy atom. The summed E-state index contributed by atoms with van der Waals surface area (Å²) in [6.45, 7) is 0. The molecule has 1 N–H and O–H groups in total. The fourth-order valence-electron chi connectivity index (χ4n) is 2.39. The number of hydrogen-bond acceptors (Lipinski definition) is 7. The van der Waals surface area contributed by atoms with Crippen LogP contribution in [-0.2, 0) is 30.0 Å². The monoisotopic (exact) mass is 423 g/mol. The smallest absolute Gasteiger partial charge is 0.339 e. The SMILES string of the molecule is COC(=O)c1ccccc1S(=O)(=O)N[C@@H](CSCc1ccccc1)C(=O)OC. The zero-order valence-corrected chi connectivity index (χ0v) is 17.1.